The summed E-state index contributed by atoms with van der Waals surface area (Å²) in [6, 6.07) is 3.63. The Morgan fingerprint density at radius 1 is 1.19 bits per heavy atom. The number of β-lactam (4-membered cyclic amide) rings is 1. The molecule has 220 valence electrons. The zero-order valence-corrected chi connectivity index (χ0v) is 23.9. The molecule has 2 aliphatic heterocycles. The molecule has 0 spiro atoms. The number of thioether (sulfide) groups is 1. The number of oxime groups is 1. The van der Waals surface area contributed by atoms with E-state index in [0.29, 0.717) is 6.21 Å². The lowest BCUT2D eigenvalue weighted by atomic mass is 9.88. The van der Waals surface area contributed by atoms with Crippen LogP contribution < -0.4 is 5.32 Å². The fraction of sp³-hybridized carbons (Fsp3) is 0.250. The number of hydrogen-bond acceptors (Lipinski definition) is 13. The first kappa shape index (κ1) is 30.4. The van der Waals surface area contributed by atoms with E-state index in [4.69, 9.17) is 22.2 Å². The minimum atomic E-state index is -1.82. The van der Waals surface area contributed by atoms with Gasteiger partial charge in [0.2, 0.25) is 5.60 Å². The number of fused-ring (bicyclic) bond motifs is 1. The minimum absolute atomic E-state index is 0.0136. The van der Waals surface area contributed by atoms with Crippen molar-refractivity contribution in [2.24, 2.45) is 5.16 Å². The molecule has 1 fully saturated rings. The van der Waals surface area contributed by atoms with Gasteiger partial charge in [0, 0.05) is 16.7 Å². The van der Waals surface area contributed by atoms with Gasteiger partial charge in [-0.3, -0.25) is 14.5 Å². The molecule has 0 bridgehead atoms. The van der Waals surface area contributed by atoms with E-state index >= 15 is 0 Å². The molecule has 2 atom stereocenters. The van der Waals surface area contributed by atoms with E-state index in [2.05, 4.69) is 15.5 Å². The van der Waals surface area contributed by atoms with Gasteiger partial charge < -0.3 is 35.7 Å². The van der Waals surface area contributed by atoms with E-state index in [-0.39, 0.29) is 26.8 Å². The second-order valence-electron chi connectivity index (χ2n) is 9.29. The molecule has 15 nitrogen and oxygen atoms in total. The number of rotatable bonds is 10. The smallest absolute Gasteiger partial charge is 0.356 e. The molecule has 0 radical (unpaired) electrons. The number of aliphatic carboxylic acids is 2. The van der Waals surface area contributed by atoms with Gasteiger partial charge >= 0.3 is 17.9 Å². The predicted octanol–water partition coefficient (Wildman–Crippen LogP) is 1.35. The van der Waals surface area contributed by atoms with E-state index in [1.165, 1.54) is 19.9 Å². The van der Waals surface area contributed by atoms with E-state index in [1.807, 2.05) is 0 Å². The fourth-order valence-electron chi connectivity index (χ4n) is 3.93. The van der Waals surface area contributed by atoms with Crippen molar-refractivity contribution in [3.63, 3.8) is 0 Å². The lowest BCUT2D eigenvalue weighted by Gasteiger charge is -2.55. The van der Waals surface area contributed by atoms with Crippen LogP contribution in [0.5, 0.6) is 11.5 Å². The molecular formula is C24H20N4O11S3. The van der Waals surface area contributed by atoms with Crippen LogP contribution in [0.2, 0.25) is 0 Å². The number of benzene rings is 1. The average molecular weight is 637 g/mol. The van der Waals surface area contributed by atoms with Gasteiger partial charge in [-0.15, -0.1) is 23.1 Å². The molecule has 2 amide bonds. The van der Waals surface area contributed by atoms with Crippen LogP contribution in [0.4, 0.5) is 0 Å². The zero-order valence-electron chi connectivity index (χ0n) is 21.4. The van der Waals surface area contributed by atoms with Crippen molar-refractivity contribution >= 4 is 82.2 Å². The van der Waals surface area contributed by atoms with Crippen LogP contribution in [0.15, 0.2) is 29.1 Å². The first-order valence-corrected chi connectivity index (χ1v) is 13.9. The van der Waals surface area contributed by atoms with Gasteiger partial charge in [0.15, 0.2) is 22.7 Å². The van der Waals surface area contributed by atoms with Crippen molar-refractivity contribution in [3.05, 3.63) is 34.6 Å². The fourth-order valence-corrected chi connectivity index (χ4v) is 6.94. The monoisotopic (exact) mass is 636 g/mol. The molecule has 3 heterocycles. The third-order valence-electron chi connectivity index (χ3n) is 6.12. The van der Waals surface area contributed by atoms with Gasteiger partial charge in [-0.25, -0.2) is 19.4 Å². The molecule has 0 unspecified atom stereocenters. The predicted molar refractivity (Wildman–Crippen MR) is 151 cm³/mol. The summed E-state index contributed by atoms with van der Waals surface area (Å²) in [5, 5.41) is 54.0. The molecule has 2 aliphatic rings. The number of amides is 2. The zero-order chi connectivity index (χ0) is 31.1. The third-order valence-corrected chi connectivity index (χ3v) is 9.01. The Morgan fingerprint density at radius 2 is 1.88 bits per heavy atom. The first-order chi connectivity index (χ1) is 19.6. The number of nitrogens with one attached hydrogen (secondary N) is 1. The molecule has 1 aromatic heterocycles. The van der Waals surface area contributed by atoms with Gasteiger partial charge in [-0.2, -0.15) is 0 Å². The summed E-state index contributed by atoms with van der Waals surface area (Å²) in [4.78, 5) is 71.2. The van der Waals surface area contributed by atoms with Crippen LogP contribution in [-0.4, -0.2) is 99.0 Å². The molecule has 1 aromatic carbocycles. The summed E-state index contributed by atoms with van der Waals surface area (Å²) >= 11 is 6.87. The Labute approximate surface area is 249 Å². The van der Waals surface area contributed by atoms with E-state index in [1.54, 1.807) is 0 Å². The van der Waals surface area contributed by atoms with Crippen LogP contribution in [0, 0.1) is 0 Å². The average Bonchev–Trinajstić information content (AvgIpc) is 3.37. The highest BCUT2D eigenvalue weighted by Gasteiger charge is 2.64. The van der Waals surface area contributed by atoms with Crippen LogP contribution in [0.3, 0.4) is 0 Å². The van der Waals surface area contributed by atoms with Crippen molar-refractivity contribution in [1.82, 2.24) is 15.2 Å². The second kappa shape index (κ2) is 11.0. The van der Waals surface area contributed by atoms with Crippen molar-refractivity contribution in [1.29, 1.82) is 0 Å². The maximum atomic E-state index is 13.4. The van der Waals surface area contributed by atoms with E-state index in [0.717, 1.165) is 45.5 Å². The molecule has 0 saturated carbocycles. The highest BCUT2D eigenvalue weighted by atomic mass is 32.2. The summed E-state index contributed by atoms with van der Waals surface area (Å²) < 4.78 is 0. The van der Waals surface area contributed by atoms with Gasteiger partial charge in [0.05, 0.1) is 4.88 Å². The van der Waals surface area contributed by atoms with Crippen molar-refractivity contribution in [2.45, 2.75) is 30.4 Å². The Bertz CT molecular complexity index is 1620. The molecule has 0 aliphatic carbocycles. The molecular weight excluding hydrogens is 616 g/mol. The maximum absolute atomic E-state index is 13.4. The normalized spacial score (nSPS) is 20.1. The topological polar surface area (TPSA) is 236 Å². The lowest BCUT2D eigenvalue weighted by Crippen LogP contribution is -2.80. The number of aromatic hydroxyl groups is 2. The van der Waals surface area contributed by atoms with Crippen molar-refractivity contribution in [2.75, 3.05) is 5.75 Å². The number of carboxylic acids is 3. The van der Waals surface area contributed by atoms with Gasteiger partial charge in [0.1, 0.15) is 22.3 Å². The largest absolute Gasteiger partial charge is 0.504 e. The Hall–Kier alpha value is -4.55. The standard InChI is InChI=1S/C24H20N4O11S3/c1-23(2,22(37)38)39-25-6-13(31)27-24(8-40)20(36)28-15(19(34)35)10(7-41-21(24)28)17-26-14(18(32)33)16(42-17)9-3-4-11(29)12(30)5-9/h3-6,8,21,29-30H,7H2,1-2H3,(H,27,31)(H,32,33)(H,34,35)(H,37,38)/t21-,24+/m0/s1. The maximum Gasteiger partial charge on any atom is 0.356 e. The lowest BCUT2D eigenvalue weighted by molar-refractivity contribution is -0.161. The minimum Gasteiger partial charge on any atom is -0.504 e. The number of hydrogen-bond donors (Lipinski definition) is 6. The summed E-state index contributed by atoms with van der Waals surface area (Å²) in [5.41, 5.74) is -4.25. The van der Waals surface area contributed by atoms with E-state index < -0.39 is 69.1 Å². The number of carbonyl (C=O) groups excluding carboxylic acids is 2. The van der Waals surface area contributed by atoms with Gasteiger partial charge in [0.25, 0.3) is 11.8 Å². The Kier molecular flexibility index (Phi) is 7.98. The van der Waals surface area contributed by atoms with Crippen LogP contribution >= 0.6 is 35.3 Å². The number of aromatic carboxylic acids is 1. The van der Waals surface area contributed by atoms with E-state index in [9.17, 15) is 44.4 Å². The number of phenols is 2. The van der Waals surface area contributed by atoms with Gasteiger partial charge in [-0.05, 0) is 37.6 Å². The Balaban J connectivity index is 1.67. The summed E-state index contributed by atoms with van der Waals surface area (Å²) in [6.07, 6.45) is 0.611. The number of nitrogens with zero attached hydrogens (tertiary/aromatic N) is 3. The third kappa shape index (κ3) is 5.14. The quantitative estimate of drug-likeness (QED) is 0.0710. The molecule has 18 heteroatoms. The van der Waals surface area contributed by atoms with Crippen LogP contribution in [-0.2, 0) is 24.0 Å². The summed E-state index contributed by atoms with van der Waals surface area (Å²) in [5.74, 6) is -7.16. The van der Waals surface area contributed by atoms with Crippen molar-refractivity contribution < 1.29 is 54.3 Å². The number of carbonyl (C=O) groups is 5. The molecule has 4 rings (SSSR count). The SMILES string of the molecule is CC(C)(ON=CC(=O)N[C@]1(C=S)C(=O)N2C(C(=O)O)=C(c3nc(C(=O)O)c(-c4ccc(O)c(O)c4)s3)CS[C@H]21)C(=O)O. The highest BCUT2D eigenvalue weighted by molar-refractivity contribution is 8.00. The molecule has 6 N–H and O–H groups in total. The number of thiazole rings is 1. The number of phenolic OH excluding ortho intramolecular Hbond substituents is 2. The van der Waals surface area contributed by atoms with Crippen molar-refractivity contribution in [3.8, 4) is 21.9 Å². The molecule has 2 aromatic rings. The summed E-state index contributed by atoms with van der Waals surface area (Å²) in [7, 11) is 0. The molecule has 42 heavy (non-hydrogen) atoms. The second-order valence-corrected chi connectivity index (χ2v) is 11.6. The van der Waals surface area contributed by atoms with Crippen LogP contribution in [0.1, 0.15) is 29.3 Å². The van der Waals surface area contributed by atoms with Gasteiger partial charge in [-0.1, -0.05) is 17.4 Å². The number of thiocarbonyl (C=S) groups is 1. The first-order valence-electron chi connectivity index (χ1n) is 11.6. The highest BCUT2D eigenvalue weighted by Crippen LogP contribution is 2.49. The molecule has 1 saturated heterocycles. The van der Waals surface area contributed by atoms with Crippen LogP contribution in [0.25, 0.3) is 16.0 Å². The Morgan fingerprint density at radius 3 is 2.45 bits per heavy atom. The number of aromatic nitrogens is 1. The number of carboxylic acid groups (broad SMARTS) is 3. The summed E-state index contributed by atoms with van der Waals surface area (Å²) in [6.45, 7) is 2.40.